The fourth-order valence-electron chi connectivity index (χ4n) is 3.29. The number of anilines is 1. The lowest BCUT2D eigenvalue weighted by atomic mass is 10.1. The minimum atomic E-state index is 0.330. The van der Waals surface area contributed by atoms with Gasteiger partial charge in [-0.15, -0.1) is 0 Å². The van der Waals surface area contributed by atoms with Crippen molar-refractivity contribution in [3.05, 3.63) is 17.0 Å². The van der Waals surface area contributed by atoms with Gasteiger partial charge < -0.3 is 9.64 Å². The second kappa shape index (κ2) is 6.46. The van der Waals surface area contributed by atoms with E-state index in [0.717, 1.165) is 50.8 Å². The number of morpholine rings is 1. The van der Waals surface area contributed by atoms with Crippen molar-refractivity contribution in [2.45, 2.75) is 32.2 Å². The second-order valence-corrected chi connectivity index (χ2v) is 6.45. The minimum absolute atomic E-state index is 0.330. The first kappa shape index (κ1) is 15.0. The maximum absolute atomic E-state index is 6.28. The van der Waals surface area contributed by atoms with Crippen LogP contribution < -0.4 is 4.90 Å². The Morgan fingerprint density at radius 3 is 2.71 bits per heavy atom. The van der Waals surface area contributed by atoms with E-state index in [1.165, 1.54) is 6.42 Å². The van der Waals surface area contributed by atoms with Crippen LogP contribution in [0.4, 0.5) is 5.82 Å². The summed E-state index contributed by atoms with van der Waals surface area (Å²) in [5.74, 6) is 1.34. The molecule has 0 aliphatic carbocycles. The molecule has 5 nitrogen and oxygen atoms in total. The molecule has 0 aromatic carbocycles. The van der Waals surface area contributed by atoms with E-state index in [2.05, 4.69) is 33.6 Å². The number of aromatic nitrogens is 2. The van der Waals surface area contributed by atoms with Crippen LogP contribution in [0, 0.1) is 0 Å². The molecule has 1 aromatic rings. The van der Waals surface area contributed by atoms with Gasteiger partial charge in [0.25, 0.3) is 0 Å². The van der Waals surface area contributed by atoms with Crippen molar-refractivity contribution in [3.63, 3.8) is 0 Å². The molecule has 2 aliphatic rings. The van der Waals surface area contributed by atoms with Crippen molar-refractivity contribution in [2.24, 2.45) is 0 Å². The summed E-state index contributed by atoms with van der Waals surface area (Å²) < 4.78 is 5.44. The molecule has 0 spiro atoms. The van der Waals surface area contributed by atoms with Gasteiger partial charge in [-0.25, -0.2) is 9.97 Å². The molecule has 1 unspecified atom stereocenters. The quantitative estimate of drug-likeness (QED) is 0.800. The van der Waals surface area contributed by atoms with Crippen molar-refractivity contribution in [1.29, 1.82) is 0 Å². The monoisotopic (exact) mass is 310 g/mol. The van der Waals surface area contributed by atoms with E-state index < -0.39 is 0 Å². The molecule has 6 heteroatoms. The highest BCUT2D eigenvalue weighted by Gasteiger charge is 2.31. The molecule has 0 N–H and O–H groups in total. The minimum Gasteiger partial charge on any atom is -0.379 e. The summed E-state index contributed by atoms with van der Waals surface area (Å²) in [5.41, 5.74) is 1.07. The molecular formula is C15H23ClN4O. The van der Waals surface area contributed by atoms with E-state index in [9.17, 15) is 0 Å². The van der Waals surface area contributed by atoms with Gasteiger partial charge in [-0.1, -0.05) is 25.4 Å². The van der Waals surface area contributed by atoms with Crippen LogP contribution in [0.1, 0.15) is 31.7 Å². The van der Waals surface area contributed by atoms with E-state index >= 15 is 0 Å². The Balaban J connectivity index is 1.75. The summed E-state index contributed by atoms with van der Waals surface area (Å²) >= 11 is 6.28. The standard InChI is InChI=1S/C15H23ClN4O/c1-11(2)13-14(16)17-10-18-15(13)20-4-3-12(9-20)19-5-7-21-8-6-19/h10-12H,3-9H2,1-2H3. The maximum Gasteiger partial charge on any atom is 0.138 e. The van der Waals surface area contributed by atoms with Crippen LogP contribution in [0.25, 0.3) is 0 Å². The largest absolute Gasteiger partial charge is 0.379 e. The van der Waals surface area contributed by atoms with Crippen molar-refractivity contribution in [2.75, 3.05) is 44.3 Å². The molecule has 2 saturated heterocycles. The Hall–Kier alpha value is -0.910. The summed E-state index contributed by atoms with van der Waals surface area (Å²) in [4.78, 5) is 13.6. The first-order valence-electron chi connectivity index (χ1n) is 7.74. The number of ether oxygens (including phenoxy) is 1. The number of nitrogens with zero attached hydrogens (tertiary/aromatic N) is 4. The van der Waals surface area contributed by atoms with E-state index in [-0.39, 0.29) is 0 Å². The Labute approximate surface area is 131 Å². The maximum atomic E-state index is 6.28. The zero-order valence-electron chi connectivity index (χ0n) is 12.8. The summed E-state index contributed by atoms with van der Waals surface area (Å²) in [7, 11) is 0. The number of hydrogen-bond donors (Lipinski definition) is 0. The van der Waals surface area contributed by atoms with Crippen molar-refractivity contribution < 1.29 is 4.74 Å². The van der Waals surface area contributed by atoms with Gasteiger partial charge >= 0.3 is 0 Å². The third kappa shape index (κ3) is 3.15. The average molecular weight is 311 g/mol. The summed E-state index contributed by atoms with van der Waals surface area (Å²) in [6.45, 7) is 10.1. The smallest absolute Gasteiger partial charge is 0.138 e. The molecule has 21 heavy (non-hydrogen) atoms. The van der Waals surface area contributed by atoms with Gasteiger partial charge in [0.15, 0.2) is 0 Å². The van der Waals surface area contributed by atoms with Crippen LogP contribution in [0.15, 0.2) is 6.33 Å². The summed E-state index contributed by atoms with van der Waals surface area (Å²) in [6.07, 6.45) is 2.75. The molecule has 1 atom stereocenters. The van der Waals surface area contributed by atoms with Gasteiger partial charge in [0, 0.05) is 37.8 Å². The molecule has 0 saturated carbocycles. The molecule has 116 valence electrons. The number of halogens is 1. The van der Waals surface area contributed by atoms with Gasteiger partial charge in [-0.3, -0.25) is 4.90 Å². The van der Waals surface area contributed by atoms with Gasteiger partial charge in [-0.05, 0) is 12.3 Å². The lowest BCUT2D eigenvalue weighted by Crippen LogP contribution is -2.44. The van der Waals surface area contributed by atoms with Crippen molar-refractivity contribution in [1.82, 2.24) is 14.9 Å². The van der Waals surface area contributed by atoms with Gasteiger partial charge in [0.1, 0.15) is 17.3 Å². The lowest BCUT2D eigenvalue weighted by Gasteiger charge is -2.32. The molecule has 3 rings (SSSR count). The zero-order valence-corrected chi connectivity index (χ0v) is 13.5. The van der Waals surface area contributed by atoms with Crippen LogP contribution in [0.3, 0.4) is 0 Å². The molecule has 2 aliphatic heterocycles. The first-order valence-corrected chi connectivity index (χ1v) is 8.11. The van der Waals surface area contributed by atoms with Crippen LogP contribution >= 0.6 is 11.6 Å². The first-order chi connectivity index (χ1) is 10.2. The molecule has 3 heterocycles. The van der Waals surface area contributed by atoms with Crippen molar-refractivity contribution in [3.8, 4) is 0 Å². The van der Waals surface area contributed by atoms with E-state index in [1.54, 1.807) is 6.33 Å². The van der Waals surface area contributed by atoms with E-state index in [1.807, 2.05) is 0 Å². The van der Waals surface area contributed by atoms with Crippen LogP contribution in [-0.2, 0) is 4.74 Å². The molecule has 0 bridgehead atoms. The Bertz CT molecular complexity index is 491. The number of hydrogen-bond acceptors (Lipinski definition) is 5. The topological polar surface area (TPSA) is 41.5 Å². The molecule has 0 radical (unpaired) electrons. The molecule has 1 aromatic heterocycles. The predicted molar refractivity (Wildman–Crippen MR) is 84.1 cm³/mol. The highest BCUT2D eigenvalue weighted by Crippen LogP contribution is 2.32. The van der Waals surface area contributed by atoms with Gasteiger partial charge in [0.05, 0.1) is 13.2 Å². The summed E-state index contributed by atoms with van der Waals surface area (Å²) in [6, 6.07) is 0.600. The van der Waals surface area contributed by atoms with Crippen LogP contribution in [0.5, 0.6) is 0 Å². The Morgan fingerprint density at radius 2 is 2.00 bits per heavy atom. The fraction of sp³-hybridized carbons (Fsp3) is 0.733. The third-order valence-corrected chi connectivity index (χ3v) is 4.72. The Morgan fingerprint density at radius 1 is 1.24 bits per heavy atom. The Kier molecular flexibility index (Phi) is 4.62. The molecular weight excluding hydrogens is 288 g/mol. The predicted octanol–water partition coefficient (Wildman–Crippen LogP) is 2.16. The lowest BCUT2D eigenvalue weighted by molar-refractivity contribution is 0.0209. The highest BCUT2D eigenvalue weighted by atomic mass is 35.5. The van der Waals surface area contributed by atoms with Crippen LogP contribution in [0.2, 0.25) is 5.15 Å². The molecule has 0 amide bonds. The normalized spacial score (nSPS) is 24.0. The van der Waals surface area contributed by atoms with Gasteiger partial charge in [-0.2, -0.15) is 0 Å². The van der Waals surface area contributed by atoms with Gasteiger partial charge in [0.2, 0.25) is 0 Å². The summed E-state index contributed by atoms with van der Waals surface area (Å²) in [5, 5.41) is 0.588. The van der Waals surface area contributed by atoms with E-state index in [4.69, 9.17) is 16.3 Å². The number of rotatable bonds is 3. The zero-order chi connectivity index (χ0) is 14.8. The fourth-order valence-corrected chi connectivity index (χ4v) is 3.64. The highest BCUT2D eigenvalue weighted by molar-refractivity contribution is 6.30. The van der Waals surface area contributed by atoms with E-state index in [0.29, 0.717) is 17.1 Å². The second-order valence-electron chi connectivity index (χ2n) is 6.09. The average Bonchev–Trinajstić information content (AvgIpc) is 2.97. The SMILES string of the molecule is CC(C)c1c(Cl)ncnc1N1CCC(N2CCOCC2)C1. The molecule has 2 fully saturated rings. The van der Waals surface area contributed by atoms with Crippen LogP contribution in [-0.4, -0.2) is 60.3 Å². The third-order valence-electron chi connectivity index (χ3n) is 4.42. The van der Waals surface area contributed by atoms with Crippen molar-refractivity contribution >= 4 is 17.4 Å².